The molecule has 0 unspecified atom stereocenters. The highest BCUT2D eigenvalue weighted by molar-refractivity contribution is 5.59. The van der Waals surface area contributed by atoms with Crippen LogP contribution in [0.3, 0.4) is 0 Å². The first-order valence-corrected chi connectivity index (χ1v) is 6.68. The van der Waals surface area contributed by atoms with Crippen LogP contribution in [0.1, 0.15) is 12.0 Å². The minimum atomic E-state index is -0.455. The molecule has 0 aliphatic rings. The van der Waals surface area contributed by atoms with Crippen LogP contribution in [-0.4, -0.2) is 22.8 Å². The predicted molar refractivity (Wildman–Crippen MR) is 84.0 cm³/mol. The van der Waals surface area contributed by atoms with E-state index in [0.29, 0.717) is 5.82 Å². The maximum Gasteiger partial charge on any atom is 0.329 e. The second-order valence-electron chi connectivity index (χ2n) is 4.70. The van der Waals surface area contributed by atoms with Crippen molar-refractivity contribution in [1.29, 1.82) is 0 Å². The largest absolute Gasteiger partial charge is 0.329 e. The highest BCUT2D eigenvalue weighted by Crippen LogP contribution is 2.04. The summed E-state index contributed by atoms with van der Waals surface area (Å²) in [6, 6.07) is 11.5. The van der Waals surface area contributed by atoms with Crippen LogP contribution in [0, 0.1) is 0 Å². The van der Waals surface area contributed by atoms with Gasteiger partial charge in [-0.05, 0) is 18.4 Å². The molecule has 110 valence electrons. The lowest BCUT2D eigenvalue weighted by Gasteiger charge is -2.12. The summed E-state index contributed by atoms with van der Waals surface area (Å²) in [6.07, 6.45) is 3.44. The fraction of sp³-hybridized carbons (Fsp3) is 0.267. The number of aromatic nitrogens is 2. The summed E-state index contributed by atoms with van der Waals surface area (Å²) in [6.45, 7) is 0. The molecule has 2 aromatic rings. The molecule has 21 heavy (non-hydrogen) atoms. The lowest BCUT2D eigenvalue weighted by atomic mass is 10.1. The van der Waals surface area contributed by atoms with E-state index < -0.39 is 5.69 Å². The first-order chi connectivity index (χ1) is 10.1. The number of anilines is 1. The molecule has 1 aromatic heterocycles. The Morgan fingerprint density at radius 2 is 2.00 bits per heavy atom. The van der Waals surface area contributed by atoms with E-state index in [1.165, 1.54) is 23.7 Å². The predicted octanol–water partition coefficient (Wildman–Crippen LogP) is 1.13. The van der Waals surface area contributed by atoms with Crippen molar-refractivity contribution >= 4 is 12.0 Å². The molecule has 0 saturated carbocycles. The first kappa shape index (κ1) is 14.8. The van der Waals surface area contributed by atoms with Gasteiger partial charge in [0, 0.05) is 26.4 Å². The molecule has 1 heterocycles. The third-order valence-electron chi connectivity index (χ3n) is 3.14. The van der Waals surface area contributed by atoms with Crippen LogP contribution in [0.5, 0.6) is 0 Å². The molecule has 6 nitrogen and oxygen atoms in total. The van der Waals surface area contributed by atoms with Gasteiger partial charge in [-0.25, -0.2) is 4.79 Å². The smallest absolute Gasteiger partial charge is 0.292 e. The number of aromatic amines is 1. The van der Waals surface area contributed by atoms with Gasteiger partial charge in [0.2, 0.25) is 0 Å². The number of hydrogen-bond donors (Lipinski definition) is 1. The Morgan fingerprint density at radius 3 is 2.67 bits per heavy atom. The summed E-state index contributed by atoms with van der Waals surface area (Å²) >= 11 is 0. The molecule has 0 spiro atoms. The highest BCUT2D eigenvalue weighted by atomic mass is 16.2. The Bertz CT molecular complexity index is 700. The van der Waals surface area contributed by atoms with Crippen LogP contribution in [0.2, 0.25) is 0 Å². The minimum Gasteiger partial charge on any atom is -0.292 e. The monoisotopic (exact) mass is 286 g/mol. The average Bonchev–Trinajstić information content (AvgIpc) is 2.49. The molecule has 0 amide bonds. The number of aryl methyl sites for hydroxylation is 1. The first-order valence-electron chi connectivity index (χ1n) is 6.68. The topological polar surface area (TPSA) is 70.5 Å². The van der Waals surface area contributed by atoms with Crippen LogP contribution in [0.15, 0.2) is 51.1 Å². The van der Waals surface area contributed by atoms with E-state index in [0.717, 1.165) is 17.4 Å². The number of nitrogens with zero attached hydrogens (tertiary/aromatic N) is 3. The lowest BCUT2D eigenvalue weighted by Crippen LogP contribution is -2.33. The van der Waals surface area contributed by atoms with E-state index >= 15 is 0 Å². The maximum absolute atomic E-state index is 11.5. The molecule has 2 rings (SSSR count). The van der Waals surface area contributed by atoms with Crippen molar-refractivity contribution in [3.05, 3.63) is 62.8 Å². The Kier molecular flexibility index (Phi) is 4.71. The highest BCUT2D eigenvalue weighted by Gasteiger charge is 2.03. The van der Waals surface area contributed by atoms with E-state index in [1.807, 2.05) is 18.2 Å². The zero-order chi connectivity index (χ0) is 15.2. The molecule has 1 N–H and O–H groups in total. The van der Waals surface area contributed by atoms with Gasteiger partial charge in [0.15, 0.2) is 0 Å². The molecule has 6 heteroatoms. The van der Waals surface area contributed by atoms with Gasteiger partial charge in [0.05, 0.1) is 0 Å². The molecular formula is C15H18N4O2. The van der Waals surface area contributed by atoms with Gasteiger partial charge in [-0.2, -0.15) is 5.10 Å². The fourth-order valence-corrected chi connectivity index (χ4v) is 1.84. The van der Waals surface area contributed by atoms with E-state index in [1.54, 1.807) is 13.3 Å². The molecule has 0 radical (unpaired) electrons. The Hall–Kier alpha value is -2.63. The van der Waals surface area contributed by atoms with Crippen LogP contribution < -0.4 is 16.3 Å². The summed E-state index contributed by atoms with van der Waals surface area (Å²) in [5, 5.41) is 5.69. The van der Waals surface area contributed by atoms with Gasteiger partial charge in [-0.15, -0.1) is 0 Å². The standard InChI is InChI=1S/C15H18N4O2/c1-18-14(20)11-13(17-15(18)21)19(2)16-10-6-9-12-7-4-3-5-8-12/h3-5,7-8,10-11H,6,9H2,1-2H3,(H,17,21)/b16-10+. The second kappa shape index (κ2) is 6.69. The number of hydrazone groups is 1. The summed E-state index contributed by atoms with van der Waals surface area (Å²) in [5.41, 5.74) is 0.428. The van der Waals surface area contributed by atoms with Crippen molar-refractivity contribution < 1.29 is 0 Å². The Balaban J connectivity index is 1.98. The van der Waals surface area contributed by atoms with Crippen molar-refractivity contribution in [2.75, 3.05) is 12.1 Å². The van der Waals surface area contributed by atoms with Crippen LogP contribution in [-0.2, 0) is 13.5 Å². The number of benzene rings is 1. The summed E-state index contributed by atoms with van der Waals surface area (Å²) in [7, 11) is 3.11. The maximum atomic E-state index is 11.5. The number of nitrogens with one attached hydrogen (secondary N) is 1. The van der Waals surface area contributed by atoms with Crippen molar-refractivity contribution in [3.8, 4) is 0 Å². The molecular weight excluding hydrogens is 268 g/mol. The molecule has 0 aliphatic carbocycles. The molecule has 0 bridgehead atoms. The van der Waals surface area contributed by atoms with Gasteiger partial charge in [-0.1, -0.05) is 30.3 Å². The third-order valence-corrected chi connectivity index (χ3v) is 3.14. The average molecular weight is 286 g/mol. The van der Waals surface area contributed by atoms with Crippen LogP contribution >= 0.6 is 0 Å². The van der Waals surface area contributed by atoms with Crippen molar-refractivity contribution in [2.24, 2.45) is 12.1 Å². The Labute approximate surface area is 122 Å². The Morgan fingerprint density at radius 1 is 1.29 bits per heavy atom. The molecule has 1 aromatic carbocycles. The molecule has 0 fully saturated rings. The third kappa shape index (κ3) is 3.92. The SMILES string of the molecule is CN(/N=C/CCc1ccccc1)c1cc(=O)n(C)c(=O)[nH]1. The normalized spacial score (nSPS) is 11.0. The van der Waals surface area contributed by atoms with Gasteiger partial charge in [-0.3, -0.25) is 19.4 Å². The molecule has 0 atom stereocenters. The zero-order valence-corrected chi connectivity index (χ0v) is 12.1. The van der Waals surface area contributed by atoms with Crippen molar-refractivity contribution in [3.63, 3.8) is 0 Å². The van der Waals surface area contributed by atoms with Gasteiger partial charge in [0.1, 0.15) is 5.82 Å². The van der Waals surface area contributed by atoms with E-state index in [4.69, 9.17) is 0 Å². The van der Waals surface area contributed by atoms with E-state index in [-0.39, 0.29) is 5.56 Å². The van der Waals surface area contributed by atoms with Gasteiger partial charge >= 0.3 is 5.69 Å². The molecule has 0 aliphatic heterocycles. The quantitative estimate of drug-likeness (QED) is 0.661. The van der Waals surface area contributed by atoms with E-state index in [9.17, 15) is 9.59 Å². The van der Waals surface area contributed by atoms with Crippen molar-refractivity contribution in [2.45, 2.75) is 12.8 Å². The number of hydrogen-bond acceptors (Lipinski definition) is 4. The minimum absolute atomic E-state index is 0.361. The number of H-pyrrole nitrogens is 1. The summed E-state index contributed by atoms with van der Waals surface area (Å²) in [4.78, 5) is 25.6. The fourth-order valence-electron chi connectivity index (χ4n) is 1.84. The summed E-state index contributed by atoms with van der Waals surface area (Å²) < 4.78 is 1.01. The molecule has 0 saturated heterocycles. The van der Waals surface area contributed by atoms with Gasteiger partial charge < -0.3 is 0 Å². The van der Waals surface area contributed by atoms with Crippen LogP contribution in [0.4, 0.5) is 5.82 Å². The van der Waals surface area contributed by atoms with Crippen LogP contribution in [0.25, 0.3) is 0 Å². The summed E-state index contributed by atoms with van der Waals surface area (Å²) in [5.74, 6) is 0.374. The van der Waals surface area contributed by atoms with Crippen molar-refractivity contribution in [1.82, 2.24) is 9.55 Å². The lowest BCUT2D eigenvalue weighted by molar-refractivity contribution is 0.766. The second-order valence-corrected chi connectivity index (χ2v) is 4.70. The zero-order valence-electron chi connectivity index (χ0n) is 12.1. The van der Waals surface area contributed by atoms with E-state index in [2.05, 4.69) is 22.2 Å². The van der Waals surface area contributed by atoms with Gasteiger partial charge in [0.25, 0.3) is 5.56 Å². The number of rotatable bonds is 5.